The zero-order chi connectivity index (χ0) is 12.0. The number of rotatable bonds is 4. The Balaban J connectivity index is 2.64. The van der Waals surface area contributed by atoms with Gasteiger partial charge >= 0.3 is 5.97 Å². The molecule has 0 amide bonds. The monoisotopic (exact) mass is 239 g/mol. The molecule has 0 aliphatic rings. The van der Waals surface area contributed by atoms with Crippen LogP contribution in [0, 0.1) is 11.3 Å². The number of ether oxygens (including phenoxy) is 1. The topological polar surface area (TPSA) is 76.4 Å². The normalized spacial score (nSPS) is 13.2. The number of hydrogen-bond acceptors (Lipinski definition) is 5. The third kappa shape index (κ3) is 3.76. The number of carbonyl (C=O) groups excluding carboxylic acids is 1. The first-order valence-electron chi connectivity index (χ1n) is 4.47. The molecule has 2 atom stereocenters. The average molecular weight is 239 g/mol. The Hall–Kier alpha value is -1.79. The van der Waals surface area contributed by atoms with Crippen LogP contribution in [0.2, 0.25) is 0 Å². The number of hydrogen-bond donors (Lipinski definition) is 0. The largest absolute Gasteiger partial charge is 0.442 e. The van der Waals surface area contributed by atoms with E-state index < -0.39 is 19.8 Å². The van der Waals surface area contributed by atoms with Gasteiger partial charge in [0.25, 0.3) is 13.9 Å². The Morgan fingerprint density at radius 3 is 2.56 bits per heavy atom. The van der Waals surface area contributed by atoms with Crippen molar-refractivity contribution in [1.82, 2.24) is 0 Å². The Labute approximate surface area is 93.5 Å². The molecule has 0 bridgehead atoms. The molecular weight excluding hydrogens is 229 g/mol. The van der Waals surface area contributed by atoms with Crippen LogP contribution in [0.25, 0.3) is 0 Å². The number of esters is 1. The maximum atomic E-state index is 11.5. The molecule has 1 aromatic carbocycles. The molecule has 16 heavy (non-hydrogen) atoms. The maximum absolute atomic E-state index is 11.5. The van der Waals surface area contributed by atoms with Crippen molar-refractivity contribution in [2.24, 2.45) is 0 Å². The number of benzene rings is 1. The van der Waals surface area contributed by atoms with E-state index in [1.165, 1.54) is 0 Å². The van der Waals surface area contributed by atoms with Gasteiger partial charge in [0, 0.05) is 6.92 Å². The summed E-state index contributed by atoms with van der Waals surface area (Å²) in [6, 6.07) is 10.0. The van der Waals surface area contributed by atoms with E-state index in [9.17, 15) is 9.36 Å². The molecule has 0 fully saturated rings. The predicted octanol–water partition coefficient (Wildman–Crippen LogP) is 1.95. The summed E-state index contributed by atoms with van der Waals surface area (Å²) in [7, 11) is -2.78. The first kappa shape index (κ1) is 12.3. The Kier molecular flexibility index (Phi) is 4.56. The van der Waals surface area contributed by atoms with Gasteiger partial charge in [-0.3, -0.25) is 9.36 Å². The fourth-order valence-electron chi connectivity index (χ4n) is 0.951. The lowest BCUT2D eigenvalue weighted by molar-refractivity contribution is -0.141. The summed E-state index contributed by atoms with van der Waals surface area (Å²) in [5, 5.41) is 8.64. The number of nitriles is 1. The van der Waals surface area contributed by atoms with Gasteiger partial charge in [0.05, 0.1) is 0 Å². The SMILES string of the molecule is CC(=O)OC(C#N)[PH](=O)Oc1ccccc1. The fraction of sp³-hybridized carbons (Fsp3) is 0.200. The number of carbonyl (C=O) groups is 1. The second-order valence-corrected chi connectivity index (χ2v) is 4.22. The van der Waals surface area contributed by atoms with Crippen molar-refractivity contribution in [2.45, 2.75) is 12.8 Å². The van der Waals surface area contributed by atoms with E-state index in [2.05, 4.69) is 4.74 Å². The quantitative estimate of drug-likeness (QED) is 0.592. The summed E-state index contributed by atoms with van der Waals surface area (Å²) < 4.78 is 21.1. The summed E-state index contributed by atoms with van der Waals surface area (Å²) in [4.78, 5) is 10.6. The van der Waals surface area contributed by atoms with Crippen LogP contribution in [0.4, 0.5) is 0 Å². The zero-order valence-corrected chi connectivity index (χ0v) is 9.54. The third-order valence-electron chi connectivity index (χ3n) is 1.58. The van der Waals surface area contributed by atoms with Gasteiger partial charge in [-0.15, -0.1) is 0 Å². The van der Waals surface area contributed by atoms with E-state index in [0.717, 1.165) is 6.92 Å². The van der Waals surface area contributed by atoms with Gasteiger partial charge < -0.3 is 9.26 Å². The van der Waals surface area contributed by atoms with E-state index in [4.69, 9.17) is 9.79 Å². The summed E-state index contributed by atoms with van der Waals surface area (Å²) >= 11 is 0. The summed E-state index contributed by atoms with van der Waals surface area (Å²) in [6.07, 6.45) is 0. The number of para-hydroxylation sites is 1. The molecule has 0 aromatic heterocycles. The molecule has 1 rings (SSSR count). The van der Waals surface area contributed by atoms with Crippen LogP contribution >= 0.6 is 8.03 Å². The Bertz CT molecular complexity index is 426. The smallest absolute Gasteiger partial charge is 0.304 e. The van der Waals surface area contributed by atoms with Crippen LogP contribution in [0.15, 0.2) is 30.3 Å². The van der Waals surface area contributed by atoms with Gasteiger partial charge in [0.1, 0.15) is 11.8 Å². The molecule has 0 N–H and O–H groups in total. The minimum atomic E-state index is -2.78. The number of nitrogens with zero attached hydrogens (tertiary/aromatic N) is 1. The zero-order valence-electron chi connectivity index (χ0n) is 8.54. The van der Waals surface area contributed by atoms with Crippen molar-refractivity contribution >= 4 is 14.0 Å². The lowest BCUT2D eigenvalue weighted by Gasteiger charge is -2.10. The highest BCUT2D eigenvalue weighted by Crippen LogP contribution is 2.32. The van der Waals surface area contributed by atoms with Gasteiger partial charge in [-0.05, 0) is 12.1 Å². The predicted molar refractivity (Wildman–Crippen MR) is 57.2 cm³/mol. The van der Waals surface area contributed by atoms with Gasteiger partial charge in [0.2, 0.25) is 0 Å². The molecule has 0 saturated carbocycles. The molecule has 0 radical (unpaired) electrons. The van der Waals surface area contributed by atoms with Gasteiger partial charge in [0.15, 0.2) is 0 Å². The van der Waals surface area contributed by atoms with Crippen molar-refractivity contribution in [3.8, 4) is 11.8 Å². The van der Waals surface area contributed by atoms with Gasteiger partial charge in [-0.2, -0.15) is 5.26 Å². The molecule has 2 unspecified atom stereocenters. The van der Waals surface area contributed by atoms with E-state index in [-0.39, 0.29) is 0 Å². The molecule has 1 aromatic rings. The van der Waals surface area contributed by atoms with Crippen molar-refractivity contribution in [3.05, 3.63) is 30.3 Å². The average Bonchev–Trinajstić information content (AvgIpc) is 2.26. The van der Waals surface area contributed by atoms with Crippen molar-refractivity contribution in [3.63, 3.8) is 0 Å². The Morgan fingerprint density at radius 1 is 1.44 bits per heavy atom. The first-order valence-corrected chi connectivity index (χ1v) is 5.86. The van der Waals surface area contributed by atoms with Crippen LogP contribution in [-0.2, 0) is 14.1 Å². The highest BCUT2D eigenvalue weighted by molar-refractivity contribution is 7.40. The van der Waals surface area contributed by atoms with E-state index >= 15 is 0 Å². The fourth-order valence-corrected chi connectivity index (χ4v) is 1.79. The van der Waals surface area contributed by atoms with Crippen LogP contribution in [0.1, 0.15) is 6.92 Å². The van der Waals surface area contributed by atoms with E-state index in [0.29, 0.717) is 5.75 Å². The standard InChI is InChI=1S/C10H10NO4P/c1-8(12)14-10(7-11)16(13)15-9-5-3-2-4-6-9/h2-6,10,16H,1H3. The van der Waals surface area contributed by atoms with Crippen molar-refractivity contribution in [2.75, 3.05) is 0 Å². The van der Waals surface area contributed by atoms with Gasteiger partial charge in [-0.25, -0.2) is 0 Å². The van der Waals surface area contributed by atoms with Crippen LogP contribution in [0.5, 0.6) is 5.75 Å². The molecule has 0 saturated heterocycles. The Morgan fingerprint density at radius 2 is 2.06 bits per heavy atom. The first-order chi connectivity index (χ1) is 7.63. The molecule has 0 aliphatic carbocycles. The molecule has 0 aliphatic heterocycles. The van der Waals surface area contributed by atoms with Crippen LogP contribution in [0.3, 0.4) is 0 Å². The highest BCUT2D eigenvalue weighted by atomic mass is 31.1. The van der Waals surface area contributed by atoms with Gasteiger partial charge in [-0.1, -0.05) is 18.2 Å². The minimum absolute atomic E-state index is 0.374. The molecule has 0 heterocycles. The van der Waals surface area contributed by atoms with Crippen molar-refractivity contribution < 1.29 is 18.6 Å². The van der Waals surface area contributed by atoms with Crippen LogP contribution in [-0.4, -0.2) is 11.8 Å². The summed E-state index contributed by atoms with van der Waals surface area (Å²) in [5.41, 5.74) is 0. The molecule has 0 spiro atoms. The molecular formula is C10H10NO4P. The van der Waals surface area contributed by atoms with E-state index in [1.807, 2.05) is 0 Å². The molecule has 84 valence electrons. The van der Waals surface area contributed by atoms with E-state index in [1.54, 1.807) is 36.4 Å². The lowest BCUT2D eigenvalue weighted by atomic mass is 10.3. The maximum Gasteiger partial charge on any atom is 0.304 e. The second kappa shape index (κ2) is 5.94. The summed E-state index contributed by atoms with van der Waals surface area (Å²) in [5.74, 6) is -1.64. The second-order valence-electron chi connectivity index (χ2n) is 2.85. The van der Waals surface area contributed by atoms with Crippen LogP contribution < -0.4 is 4.52 Å². The molecule has 5 nitrogen and oxygen atoms in total. The molecule has 6 heteroatoms. The van der Waals surface area contributed by atoms with Crippen molar-refractivity contribution in [1.29, 1.82) is 5.26 Å². The minimum Gasteiger partial charge on any atom is -0.442 e. The third-order valence-corrected chi connectivity index (χ3v) is 2.69. The lowest BCUT2D eigenvalue weighted by Crippen LogP contribution is -2.11. The highest BCUT2D eigenvalue weighted by Gasteiger charge is 2.20. The summed E-state index contributed by atoms with van der Waals surface area (Å²) in [6.45, 7) is 1.14.